The Kier molecular flexibility index (Phi) is 4.18. The topological polar surface area (TPSA) is 37.8 Å². The monoisotopic (exact) mass is 506 g/mol. The number of benzene rings is 3. The van der Waals surface area contributed by atoms with Gasteiger partial charge in [0.25, 0.3) is 0 Å². The fourth-order valence-corrected chi connectivity index (χ4v) is 6.83. The zero-order valence-corrected chi connectivity index (χ0v) is 21.4. The number of fused-ring (bicyclic) bond motifs is 7. The number of epoxide rings is 1. The number of pyridine rings is 1. The Morgan fingerprint density at radius 3 is 2.51 bits per heavy atom. The van der Waals surface area contributed by atoms with E-state index in [1.807, 2.05) is 12.1 Å². The van der Waals surface area contributed by atoms with Crippen molar-refractivity contribution in [2.45, 2.75) is 18.4 Å². The van der Waals surface area contributed by atoms with E-state index < -0.39 is 5.60 Å². The molecule has 9 rings (SSSR count). The molecule has 39 heavy (non-hydrogen) atoms. The highest BCUT2D eigenvalue weighted by Crippen LogP contribution is 2.59. The lowest BCUT2D eigenvalue weighted by atomic mass is 9.83. The summed E-state index contributed by atoms with van der Waals surface area (Å²) in [4.78, 5) is 16.5. The summed E-state index contributed by atoms with van der Waals surface area (Å²) in [5.74, 6) is 1.29. The van der Waals surface area contributed by atoms with Crippen LogP contribution in [0.5, 0.6) is 0 Å². The molecule has 0 bridgehead atoms. The lowest BCUT2D eigenvalue weighted by Crippen LogP contribution is -2.30. The summed E-state index contributed by atoms with van der Waals surface area (Å²) in [7, 11) is 0. The van der Waals surface area contributed by atoms with Crippen LogP contribution in [0, 0.1) is 11.8 Å². The van der Waals surface area contributed by atoms with Crippen LogP contribution in [-0.2, 0) is 10.3 Å². The van der Waals surface area contributed by atoms with Gasteiger partial charge < -0.3 is 14.2 Å². The van der Waals surface area contributed by atoms with Crippen molar-refractivity contribution >= 4 is 34.4 Å². The van der Waals surface area contributed by atoms with Crippen LogP contribution in [0.1, 0.15) is 35.2 Å². The van der Waals surface area contributed by atoms with Gasteiger partial charge in [-0.3, -0.25) is 4.79 Å². The van der Waals surface area contributed by atoms with E-state index in [0.29, 0.717) is 18.4 Å². The van der Waals surface area contributed by atoms with Gasteiger partial charge >= 0.3 is 0 Å². The Morgan fingerprint density at radius 2 is 1.67 bits per heavy atom. The van der Waals surface area contributed by atoms with Crippen LogP contribution in [0.4, 0.5) is 11.4 Å². The molecule has 4 aromatic rings. The normalized spacial score (nSPS) is 25.0. The predicted octanol–water partition coefficient (Wildman–Crippen LogP) is 7.24. The van der Waals surface area contributed by atoms with Crippen molar-refractivity contribution in [1.29, 1.82) is 0 Å². The average molecular weight is 507 g/mol. The molecule has 188 valence electrons. The molecule has 4 nitrogen and oxygen atoms in total. The van der Waals surface area contributed by atoms with Gasteiger partial charge in [0.05, 0.1) is 29.2 Å². The van der Waals surface area contributed by atoms with Crippen molar-refractivity contribution in [1.82, 2.24) is 4.57 Å². The molecule has 3 heterocycles. The first-order valence-electron chi connectivity index (χ1n) is 13.8. The zero-order chi connectivity index (χ0) is 25.7. The fourth-order valence-electron chi connectivity index (χ4n) is 6.83. The van der Waals surface area contributed by atoms with Gasteiger partial charge in [-0.05, 0) is 67.2 Å². The molecule has 2 fully saturated rings. The van der Waals surface area contributed by atoms with Crippen LogP contribution < -0.4 is 10.3 Å². The van der Waals surface area contributed by atoms with E-state index in [1.165, 1.54) is 17.7 Å². The molecule has 5 aliphatic rings. The number of anilines is 2. The Balaban J connectivity index is 1.41. The minimum absolute atomic E-state index is 0.0674. The fraction of sp³-hybridized carbons (Fsp3) is 0.171. The van der Waals surface area contributed by atoms with Crippen molar-refractivity contribution in [2.75, 3.05) is 11.5 Å². The molecule has 3 atom stereocenters. The Labute approximate surface area is 226 Å². The van der Waals surface area contributed by atoms with Gasteiger partial charge in [0.1, 0.15) is 5.60 Å². The van der Waals surface area contributed by atoms with Crippen LogP contribution in [0.2, 0.25) is 0 Å². The van der Waals surface area contributed by atoms with Crippen LogP contribution in [0.15, 0.2) is 108 Å². The highest BCUT2D eigenvalue weighted by Gasteiger charge is 2.55. The Bertz CT molecular complexity index is 1900. The molecule has 0 amide bonds. The van der Waals surface area contributed by atoms with E-state index in [0.717, 1.165) is 51.2 Å². The second-order valence-corrected chi connectivity index (χ2v) is 11.2. The van der Waals surface area contributed by atoms with Crippen LogP contribution in [-0.4, -0.2) is 11.2 Å². The van der Waals surface area contributed by atoms with Gasteiger partial charge in [-0.25, -0.2) is 0 Å². The largest absolute Gasteiger partial charge is 0.359 e. The predicted molar refractivity (Wildman–Crippen MR) is 156 cm³/mol. The van der Waals surface area contributed by atoms with E-state index in [-0.39, 0.29) is 5.43 Å². The number of hydrogen-bond acceptors (Lipinski definition) is 3. The third-order valence-corrected chi connectivity index (χ3v) is 8.95. The summed E-state index contributed by atoms with van der Waals surface area (Å²) in [6.45, 7) is 0.638. The maximum atomic E-state index is 14.2. The lowest BCUT2D eigenvalue weighted by molar-refractivity contribution is 0.348. The summed E-state index contributed by atoms with van der Waals surface area (Å²) in [5.41, 5.74) is 8.85. The number of aromatic nitrogens is 1. The number of ether oxygens (including phenoxy) is 1. The molecular formula is C35H26N2O2. The average Bonchev–Trinajstić information content (AvgIpc) is 3.89. The van der Waals surface area contributed by atoms with Crippen molar-refractivity contribution in [3.8, 4) is 5.69 Å². The van der Waals surface area contributed by atoms with E-state index in [1.54, 1.807) is 0 Å². The first-order chi connectivity index (χ1) is 19.2. The molecule has 4 heteroatoms. The smallest absolute Gasteiger partial charge is 0.197 e. The lowest BCUT2D eigenvalue weighted by Gasteiger charge is -2.38. The number of allylic oxidation sites excluding steroid dienone is 5. The van der Waals surface area contributed by atoms with Crippen LogP contribution in [0.3, 0.4) is 0 Å². The van der Waals surface area contributed by atoms with Crippen molar-refractivity contribution in [3.63, 3.8) is 0 Å². The minimum atomic E-state index is -0.488. The van der Waals surface area contributed by atoms with Gasteiger partial charge in [0.15, 0.2) is 5.43 Å². The van der Waals surface area contributed by atoms with Crippen molar-refractivity contribution < 1.29 is 4.74 Å². The molecule has 3 aliphatic carbocycles. The zero-order valence-electron chi connectivity index (χ0n) is 21.4. The molecule has 0 radical (unpaired) electrons. The third kappa shape index (κ3) is 2.95. The molecule has 1 aromatic heterocycles. The molecular weight excluding hydrogens is 480 g/mol. The molecule has 1 saturated heterocycles. The van der Waals surface area contributed by atoms with Gasteiger partial charge in [-0.2, -0.15) is 0 Å². The standard InChI is InChI=1S/C35H26N2O2/c38-34-26-11-5-2-6-13-30(26)36(24-9-3-1-4-10-24)32-20-29-33(19-27(32)34)37(25-16-15-22-17-23(22)18-25)31-14-8-7-12-28(31)35(29)21-39-35/h1,3-16,18-20,22-23H,2,17,21H2. The molecule has 3 unspecified atom stereocenters. The van der Waals surface area contributed by atoms with Gasteiger partial charge in [0, 0.05) is 33.5 Å². The van der Waals surface area contributed by atoms with Gasteiger partial charge in [-0.15, -0.1) is 0 Å². The minimum Gasteiger partial charge on any atom is -0.359 e. The number of hydrogen-bond donors (Lipinski definition) is 0. The number of para-hydroxylation sites is 2. The third-order valence-electron chi connectivity index (χ3n) is 8.95. The SMILES string of the molecule is O=c1c2c(n(-c3ccccc3)c3cc4c(cc13)N(C1=CC3CC3C=C1)c1ccccc1C41CO1)C=CCC=C2. The van der Waals surface area contributed by atoms with E-state index in [2.05, 4.69) is 107 Å². The maximum absolute atomic E-state index is 14.2. The Morgan fingerprint density at radius 1 is 0.846 bits per heavy atom. The summed E-state index contributed by atoms with van der Waals surface area (Å²) in [6, 6.07) is 23.3. The van der Waals surface area contributed by atoms with Gasteiger partial charge in [0.2, 0.25) is 0 Å². The first-order valence-corrected chi connectivity index (χ1v) is 13.8. The van der Waals surface area contributed by atoms with E-state index >= 15 is 0 Å². The van der Waals surface area contributed by atoms with Crippen LogP contribution >= 0.6 is 0 Å². The summed E-state index contributed by atoms with van der Waals surface area (Å²) >= 11 is 0. The summed E-state index contributed by atoms with van der Waals surface area (Å²) in [5, 5.41) is 0.723. The number of rotatable bonds is 2. The second kappa shape index (κ2) is 7.58. The molecule has 2 aliphatic heterocycles. The quantitative estimate of drug-likeness (QED) is 0.269. The molecule has 3 aromatic carbocycles. The Hall–Kier alpha value is -4.41. The molecule has 0 N–H and O–H groups in total. The summed E-state index contributed by atoms with van der Waals surface area (Å²) < 4.78 is 8.58. The van der Waals surface area contributed by atoms with E-state index in [4.69, 9.17) is 4.74 Å². The van der Waals surface area contributed by atoms with Crippen molar-refractivity contribution in [3.05, 3.63) is 135 Å². The maximum Gasteiger partial charge on any atom is 0.197 e. The summed E-state index contributed by atoms with van der Waals surface area (Å²) in [6.07, 6.45) is 17.3. The molecule has 1 spiro atoms. The second-order valence-electron chi connectivity index (χ2n) is 11.2. The van der Waals surface area contributed by atoms with Gasteiger partial charge in [-0.1, -0.05) is 66.8 Å². The number of nitrogens with zero attached hydrogens (tertiary/aromatic N) is 2. The van der Waals surface area contributed by atoms with Crippen molar-refractivity contribution in [2.24, 2.45) is 11.8 Å². The highest BCUT2D eigenvalue weighted by molar-refractivity contribution is 5.95. The highest BCUT2D eigenvalue weighted by atomic mass is 16.6. The first kappa shape index (κ1) is 21.5. The molecule has 1 saturated carbocycles. The van der Waals surface area contributed by atoms with Crippen LogP contribution in [0.25, 0.3) is 28.7 Å². The van der Waals surface area contributed by atoms with E-state index in [9.17, 15) is 4.79 Å².